The number of hydrogen-bond donors (Lipinski definition) is 0. The summed E-state index contributed by atoms with van der Waals surface area (Å²) in [5, 5.41) is 1.07. The number of benzene rings is 2. The maximum absolute atomic E-state index is 5.41. The van der Waals surface area contributed by atoms with E-state index in [2.05, 4.69) is 53.0 Å². The molecule has 3 aromatic rings. The quantitative estimate of drug-likeness (QED) is 0.681. The van der Waals surface area contributed by atoms with E-state index in [1.165, 1.54) is 0 Å². The van der Waals surface area contributed by atoms with Gasteiger partial charge in [-0.2, -0.15) is 0 Å². The van der Waals surface area contributed by atoms with Crippen LogP contribution >= 0.6 is 0 Å². The molecule has 130 valence electrons. The Labute approximate surface area is 148 Å². The van der Waals surface area contributed by atoms with Gasteiger partial charge in [0.15, 0.2) is 11.5 Å². The second kappa shape index (κ2) is 7.38. The summed E-state index contributed by atoms with van der Waals surface area (Å²) >= 11 is 0. The van der Waals surface area contributed by atoms with Crippen molar-refractivity contribution >= 4 is 16.7 Å². The molecule has 0 unspecified atom stereocenters. The van der Waals surface area contributed by atoms with Crippen LogP contribution in [-0.2, 0) is 6.54 Å². The van der Waals surface area contributed by atoms with E-state index in [9.17, 15) is 0 Å². The van der Waals surface area contributed by atoms with E-state index in [-0.39, 0.29) is 0 Å². The number of aromatic nitrogens is 2. The fourth-order valence-corrected chi connectivity index (χ4v) is 3.01. The van der Waals surface area contributed by atoms with Crippen molar-refractivity contribution in [2.45, 2.75) is 20.4 Å². The molecule has 0 spiro atoms. The first-order chi connectivity index (χ1) is 12.2. The molecule has 0 aliphatic carbocycles. The number of anilines is 1. The van der Waals surface area contributed by atoms with Crippen molar-refractivity contribution < 1.29 is 9.47 Å². The van der Waals surface area contributed by atoms with Gasteiger partial charge in [0.05, 0.1) is 19.7 Å². The van der Waals surface area contributed by atoms with Gasteiger partial charge in [-0.15, -0.1) is 0 Å². The van der Waals surface area contributed by atoms with E-state index >= 15 is 0 Å². The molecule has 5 heteroatoms. The minimum Gasteiger partial charge on any atom is -0.493 e. The molecule has 0 aliphatic rings. The van der Waals surface area contributed by atoms with E-state index in [0.717, 1.165) is 52.4 Å². The molecule has 0 saturated heterocycles. The fraction of sp³-hybridized carbons (Fsp3) is 0.300. The van der Waals surface area contributed by atoms with Gasteiger partial charge in [-0.25, -0.2) is 9.97 Å². The maximum atomic E-state index is 5.41. The number of hydrogen-bond acceptors (Lipinski definition) is 5. The standard InChI is InChI=1S/C20H23N3O2/c1-5-23(12-15-9-10-17(24-3)18(11-15)25-4)20-16-8-6-7-14(2)19(16)21-13-22-20/h6-11,13H,5,12H2,1-4H3. The van der Waals surface area contributed by atoms with Crippen LogP contribution < -0.4 is 14.4 Å². The summed E-state index contributed by atoms with van der Waals surface area (Å²) in [7, 11) is 3.30. The third-order valence-electron chi connectivity index (χ3n) is 4.35. The number of fused-ring (bicyclic) bond motifs is 1. The van der Waals surface area contributed by atoms with E-state index in [1.54, 1.807) is 20.5 Å². The second-order valence-electron chi connectivity index (χ2n) is 5.87. The lowest BCUT2D eigenvalue weighted by molar-refractivity contribution is 0.354. The minimum atomic E-state index is 0.733. The van der Waals surface area contributed by atoms with Gasteiger partial charge in [0.2, 0.25) is 0 Å². The van der Waals surface area contributed by atoms with Crippen LogP contribution in [0.4, 0.5) is 5.82 Å². The van der Waals surface area contributed by atoms with E-state index in [1.807, 2.05) is 12.1 Å². The molecule has 0 saturated carbocycles. The average molecular weight is 337 g/mol. The molecule has 3 rings (SSSR count). The minimum absolute atomic E-state index is 0.733. The van der Waals surface area contributed by atoms with Crippen LogP contribution in [0.15, 0.2) is 42.7 Å². The monoisotopic (exact) mass is 337 g/mol. The van der Waals surface area contributed by atoms with Crippen LogP contribution in [0.5, 0.6) is 11.5 Å². The molecular formula is C20H23N3O2. The first-order valence-electron chi connectivity index (χ1n) is 8.34. The summed E-state index contributed by atoms with van der Waals surface area (Å²) in [6.45, 7) is 5.78. The van der Waals surface area contributed by atoms with Gasteiger partial charge < -0.3 is 14.4 Å². The lowest BCUT2D eigenvalue weighted by atomic mass is 10.1. The third-order valence-corrected chi connectivity index (χ3v) is 4.35. The van der Waals surface area contributed by atoms with Gasteiger partial charge in [-0.3, -0.25) is 0 Å². The molecular weight excluding hydrogens is 314 g/mol. The Kier molecular flexibility index (Phi) is 5.03. The van der Waals surface area contributed by atoms with Crippen molar-refractivity contribution in [1.82, 2.24) is 9.97 Å². The number of nitrogens with zero attached hydrogens (tertiary/aromatic N) is 3. The molecule has 2 aromatic carbocycles. The summed E-state index contributed by atoms with van der Waals surface area (Å²) in [6, 6.07) is 12.2. The highest BCUT2D eigenvalue weighted by molar-refractivity contribution is 5.91. The number of rotatable bonds is 6. The fourth-order valence-electron chi connectivity index (χ4n) is 3.01. The average Bonchev–Trinajstić information content (AvgIpc) is 2.66. The zero-order valence-electron chi connectivity index (χ0n) is 15.1. The predicted molar refractivity (Wildman–Crippen MR) is 101 cm³/mol. The molecule has 0 N–H and O–H groups in total. The summed E-state index contributed by atoms with van der Waals surface area (Å²) in [5.41, 5.74) is 3.29. The summed E-state index contributed by atoms with van der Waals surface area (Å²) in [4.78, 5) is 11.2. The number of aryl methyl sites for hydroxylation is 1. The van der Waals surface area contributed by atoms with Crippen molar-refractivity contribution in [3.63, 3.8) is 0 Å². The lowest BCUT2D eigenvalue weighted by Gasteiger charge is -2.24. The van der Waals surface area contributed by atoms with Crippen LogP contribution in [0.3, 0.4) is 0 Å². The number of methoxy groups -OCH3 is 2. The highest BCUT2D eigenvalue weighted by Crippen LogP contribution is 2.30. The molecule has 1 heterocycles. The van der Waals surface area contributed by atoms with Crippen LogP contribution in [0.25, 0.3) is 10.9 Å². The predicted octanol–water partition coefficient (Wildman–Crippen LogP) is 3.98. The van der Waals surface area contributed by atoms with Crippen molar-refractivity contribution in [3.8, 4) is 11.5 Å². The van der Waals surface area contributed by atoms with Crippen LogP contribution in [-0.4, -0.2) is 30.7 Å². The highest BCUT2D eigenvalue weighted by atomic mass is 16.5. The molecule has 0 fully saturated rings. The van der Waals surface area contributed by atoms with E-state index < -0.39 is 0 Å². The molecule has 0 atom stereocenters. The first kappa shape index (κ1) is 17.0. The van der Waals surface area contributed by atoms with Crippen LogP contribution in [0, 0.1) is 6.92 Å². The summed E-state index contributed by atoms with van der Waals surface area (Å²) in [6.07, 6.45) is 1.64. The van der Waals surface area contributed by atoms with Crippen molar-refractivity contribution in [2.75, 3.05) is 25.7 Å². The van der Waals surface area contributed by atoms with Gasteiger partial charge >= 0.3 is 0 Å². The van der Waals surface area contributed by atoms with Crippen LogP contribution in [0.2, 0.25) is 0 Å². The topological polar surface area (TPSA) is 47.5 Å². The molecule has 0 amide bonds. The molecule has 0 radical (unpaired) electrons. The van der Waals surface area contributed by atoms with Crippen molar-refractivity contribution in [3.05, 3.63) is 53.9 Å². The van der Waals surface area contributed by atoms with Crippen LogP contribution in [0.1, 0.15) is 18.1 Å². The second-order valence-corrected chi connectivity index (χ2v) is 5.87. The number of para-hydroxylation sites is 1. The molecule has 25 heavy (non-hydrogen) atoms. The Balaban J connectivity index is 1.98. The Morgan fingerprint density at radius 2 is 1.80 bits per heavy atom. The molecule has 5 nitrogen and oxygen atoms in total. The normalized spacial score (nSPS) is 10.7. The van der Waals surface area contributed by atoms with Gasteiger partial charge in [-0.05, 0) is 43.2 Å². The largest absolute Gasteiger partial charge is 0.493 e. The Hall–Kier alpha value is -2.82. The Bertz CT molecular complexity index is 880. The maximum Gasteiger partial charge on any atom is 0.161 e. The summed E-state index contributed by atoms with van der Waals surface area (Å²) < 4.78 is 10.7. The Morgan fingerprint density at radius 3 is 2.52 bits per heavy atom. The van der Waals surface area contributed by atoms with Gasteiger partial charge in [0.1, 0.15) is 12.1 Å². The molecule has 0 bridgehead atoms. The molecule has 0 aliphatic heterocycles. The highest BCUT2D eigenvalue weighted by Gasteiger charge is 2.13. The lowest BCUT2D eigenvalue weighted by Crippen LogP contribution is -2.23. The van der Waals surface area contributed by atoms with E-state index in [0.29, 0.717) is 0 Å². The van der Waals surface area contributed by atoms with Gasteiger partial charge in [0.25, 0.3) is 0 Å². The molecule has 1 aromatic heterocycles. The Morgan fingerprint density at radius 1 is 1.00 bits per heavy atom. The van der Waals surface area contributed by atoms with Crippen molar-refractivity contribution in [2.24, 2.45) is 0 Å². The zero-order chi connectivity index (χ0) is 17.8. The third kappa shape index (κ3) is 3.36. The van der Waals surface area contributed by atoms with Gasteiger partial charge in [0, 0.05) is 18.5 Å². The zero-order valence-corrected chi connectivity index (χ0v) is 15.1. The smallest absolute Gasteiger partial charge is 0.161 e. The first-order valence-corrected chi connectivity index (χ1v) is 8.34. The summed E-state index contributed by atoms with van der Waals surface area (Å²) in [5.74, 6) is 2.42. The number of ether oxygens (including phenoxy) is 2. The van der Waals surface area contributed by atoms with E-state index in [4.69, 9.17) is 9.47 Å². The van der Waals surface area contributed by atoms with Gasteiger partial charge in [-0.1, -0.05) is 18.2 Å². The van der Waals surface area contributed by atoms with Crippen molar-refractivity contribution in [1.29, 1.82) is 0 Å². The SMILES string of the molecule is CCN(Cc1ccc(OC)c(OC)c1)c1ncnc2c(C)cccc12.